The van der Waals surface area contributed by atoms with Crippen LogP contribution in [0.2, 0.25) is 0 Å². The lowest BCUT2D eigenvalue weighted by Crippen LogP contribution is -2.50. The van der Waals surface area contributed by atoms with Gasteiger partial charge in [-0.2, -0.15) is 0 Å². The van der Waals surface area contributed by atoms with E-state index < -0.39 is 41.0 Å². The fraction of sp³-hybridized carbons (Fsp3) is 0.727. The van der Waals surface area contributed by atoms with Crippen LogP contribution in [-0.4, -0.2) is 64.2 Å². The van der Waals surface area contributed by atoms with Crippen molar-refractivity contribution in [1.29, 1.82) is 0 Å². The minimum absolute atomic E-state index is 0.0508. The molecule has 182 valence electrons. The number of rotatable bonds is 3. The molecule has 0 bridgehead atoms. The zero-order chi connectivity index (χ0) is 25.2. The van der Waals surface area contributed by atoms with Gasteiger partial charge < -0.3 is 19.3 Å². The molecule has 0 saturated carbocycles. The maximum Gasteiger partial charge on any atom is 0.437 e. The molecule has 0 fully saturated rings. The number of ether oxygens (including phenoxy) is 3. The molecule has 0 heterocycles. The predicted molar refractivity (Wildman–Crippen MR) is 120 cm³/mol. The Labute approximate surface area is 190 Å². The smallest absolute Gasteiger partial charge is 0.437 e. The van der Waals surface area contributed by atoms with Gasteiger partial charge in [0.1, 0.15) is 16.8 Å². The summed E-state index contributed by atoms with van der Waals surface area (Å²) in [6.45, 7) is 14.9. The molecule has 0 rings (SSSR count). The highest BCUT2D eigenvalue weighted by molar-refractivity contribution is 6.05. The zero-order valence-corrected chi connectivity index (χ0v) is 20.6. The van der Waals surface area contributed by atoms with Gasteiger partial charge in [0.05, 0.1) is 6.61 Å². The van der Waals surface area contributed by atoms with Gasteiger partial charge in [0.25, 0.3) is 0 Å². The summed E-state index contributed by atoms with van der Waals surface area (Å²) >= 11 is 0. The van der Waals surface area contributed by atoms with Crippen molar-refractivity contribution >= 4 is 24.2 Å². The first-order chi connectivity index (χ1) is 14.4. The Morgan fingerprint density at radius 2 is 1.34 bits per heavy atom. The largest absolute Gasteiger partial charge is 0.444 e. The molecule has 0 atom stereocenters. The molecule has 3 amide bonds. The lowest BCUT2D eigenvalue weighted by molar-refractivity contribution is 0.0360. The Hall–Kier alpha value is -2.80. The van der Waals surface area contributed by atoms with Crippen molar-refractivity contribution in [1.82, 2.24) is 10.2 Å². The molecular weight excluding hydrogens is 418 g/mol. The minimum Gasteiger partial charge on any atom is -0.444 e. The first-order valence-electron chi connectivity index (χ1n) is 10.3. The monoisotopic (exact) mass is 455 g/mol. The van der Waals surface area contributed by atoms with Crippen LogP contribution in [0.15, 0.2) is 4.99 Å². The summed E-state index contributed by atoms with van der Waals surface area (Å²) in [5, 5.41) is 11.2. The van der Waals surface area contributed by atoms with Crippen LogP contribution in [0.25, 0.3) is 0 Å². The van der Waals surface area contributed by atoms with Crippen LogP contribution in [0, 0.1) is 11.8 Å². The van der Waals surface area contributed by atoms with Crippen molar-refractivity contribution in [3.05, 3.63) is 0 Å². The number of aliphatic imine (C=N–C) groups is 1. The van der Waals surface area contributed by atoms with Crippen LogP contribution >= 0.6 is 0 Å². The fourth-order valence-electron chi connectivity index (χ4n) is 1.92. The molecule has 0 aromatic rings. The number of carbonyl (C=O) groups excluding carboxylic acids is 3. The molecule has 0 aromatic carbocycles. The summed E-state index contributed by atoms with van der Waals surface area (Å²) < 4.78 is 15.8. The Morgan fingerprint density at radius 3 is 1.81 bits per heavy atom. The molecule has 0 spiro atoms. The average Bonchev–Trinajstić information content (AvgIpc) is 2.52. The number of aliphatic hydroxyl groups excluding tert-OH is 1. The lowest BCUT2D eigenvalue weighted by atomic mass is 10.2. The second kappa shape index (κ2) is 12.3. The number of hydrogen-bond acceptors (Lipinski definition) is 7. The normalized spacial score (nSPS) is 12.2. The summed E-state index contributed by atoms with van der Waals surface area (Å²) in [5.74, 6) is 5.13. The van der Waals surface area contributed by atoms with E-state index in [1.165, 1.54) is 0 Å². The summed E-state index contributed by atoms with van der Waals surface area (Å²) in [5.41, 5.74) is -2.52. The predicted octanol–water partition coefficient (Wildman–Crippen LogP) is 3.82. The number of nitrogens with one attached hydrogen (secondary N) is 1. The minimum atomic E-state index is -1.01. The van der Waals surface area contributed by atoms with Crippen LogP contribution in [0.3, 0.4) is 0 Å². The second-order valence-corrected chi connectivity index (χ2v) is 9.75. The van der Waals surface area contributed by atoms with Gasteiger partial charge in [-0.3, -0.25) is 5.32 Å². The second-order valence-electron chi connectivity index (χ2n) is 9.75. The molecule has 0 unspecified atom stereocenters. The average molecular weight is 456 g/mol. The maximum atomic E-state index is 12.8. The van der Waals surface area contributed by atoms with Gasteiger partial charge >= 0.3 is 18.3 Å². The number of alkyl carbamates (subject to hydrolysis) is 1. The first kappa shape index (κ1) is 29.2. The van der Waals surface area contributed by atoms with E-state index in [4.69, 9.17) is 19.3 Å². The first-order valence-corrected chi connectivity index (χ1v) is 10.3. The maximum absolute atomic E-state index is 12.8. The quantitative estimate of drug-likeness (QED) is 0.287. The standard InChI is InChI=1S/C22H37N3O7/c1-20(2,3)30-17(27)23-16(24-18(28)31-21(4,5)6)25(14-12-10-11-13-15-26)19(29)32-22(7,8)9/h26H,12-15H2,1-9H3,(H,23,24,27,28). The SMILES string of the molecule is CC(C)(C)OC(=O)/N=C(/NC(=O)OC(C)(C)C)N(CCC#CCCO)C(=O)OC(C)(C)C. The molecule has 0 aliphatic rings. The highest BCUT2D eigenvalue weighted by Gasteiger charge is 2.29. The number of carbonyl (C=O) groups is 3. The van der Waals surface area contributed by atoms with Crippen LogP contribution in [-0.2, 0) is 14.2 Å². The van der Waals surface area contributed by atoms with Crippen molar-refractivity contribution in [3.63, 3.8) is 0 Å². The Morgan fingerprint density at radius 1 is 0.844 bits per heavy atom. The van der Waals surface area contributed by atoms with Crippen LogP contribution in [0.4, 0.5) is 14.4 Å². The summed E-state index contributed by atoms with van der Waals surface area (Å²) in [6, 6.07) is 0. The van der Waals surface area contributed by atoms with Crippen LogP contribution < -0.4 is 5.32 Å². The number of nitrogens with zero attached hydrogens (tertiary/aromatic N) is 2. The molecule has 10 nitrogen and oxygen atoms in total. The molecule has 2 N–H and O–H groups in total. The zero-order valence-electron chi connectivity index (χ0n) is 20.6. The molecule has 10 heteroatoms. The number of guanidine groups is 1. The van der Waals surface area contributed by atoms with Gasteiger partial charge in [0.15, 0.2) is 0 Å². The van der Waals surface area contributed by atoms with Gasteiger partial charge in [-0.05, 0) is 62.3 Å². The van der Waals surface area contributed by atoms with E-state index in [0.717, 1.165) is 4.90 Å². The number of amides is 3. The van der Waals surface area contributed by atoms with Crippen LogP contribution in [0.1, 0.15) is 75.2 Å². The van der Waals surface area contributed by atoms with Crippen molar-refractivity contribution < 1.29 is 33.7 Å². The van der Waals surface area contributed by atoms with Crippen molar-refractivity contribution in [2.24, 2.45) is 4.99 Å². The molecule has 0 aliphatic heterocycles. The molecular formula is C22H37N3O7. The van der Waals surface area contributed by atoms with Crippen molar-refractivity contribution in [2.75, 3.05) is 13.2 Å². The summed E-state index contributed by atoms with van der Waals surface area (Å²) in [6.07, 6.45) is -2.33. The summed E-state index contributed by atoms with van der Waals surface area (Å²) in [7, 11) is 0. The molecule has 0 aliphatic carbocycles. The van der Waals surface area contributed by atoms with Gasteiger partial charge in [-0.15, -0.1) is 16.8 Å². The van der Waals surface area contributed by atoms with E-state index in [2.05, 4.69) is 22.2 Å². The fourth-order valence-corrected chi connectivity index (χ4v) is 1.92. The van der Waals surface area contributed by atoms with Gasteiger partial charge in [-0.1, -0.05) is 0 Å². The van der Waals surface area contributed by atoms with Crippen LogP contribution in [0.5, 0.6) is 0 Å². The Balaban J connectivity index is 6.03. The van der Waals surface area contributed by atoms with E-state index in [9.17, 15) is 14.4 Å². The van der Waals surface area contributed by atoms with Crippen molar-refractivity contribution in [3.8, 4) is 11.8 Å². The highest BCUT2D eigenvalue weighted by Crippen LogP contribution is 2.13. The van der Waals surface area contributed by atoms with Crippen molar-refractivity contribution in [2.45, 2.75) is 92.0 Å². The van der Waals surface area contributed by atoms with Gasteiger partial charge in [0, 0.05) is 19.4 Å². The number of hydrogen-bond donors (Lipinski definition) is 2. The molecule has 32 heavy (non-hydrogen) atoms. The van der Waals surface area contributed by atoms with E-state index in [-0.39, 0.29) is 26.0 Å². The third-order valence-electron chi connectivity index (χ3n) is 2.90. The third-order valence-corrected chi connectivity index (χ3v) is 2.90. The van der Waals surface area contributed by atoms with Gasteiger partial charge in [0.2, 0.25) is 5.96 Å². The topological polar surface area (TPSA) is 127 Å². The van der Waals surface area contributed by atoms with E-state index in [1.807, 2.05) is 0 Å². The Kier molecular flexibility index (Phi) is 11.2. The number of aliphatic hydroxyl groups is 1. The van der Waals surface area contributed by atoms with Gasteiger partial charge in [-0.25, -0.2) is 19.3 Å². The van der Waals surface area contributed by atoms with E-state index in [0.29, 0.717) is 0 Å². The highest BCUT2D eigenvalue weighted by atomic mass is 16.6. The molecule has 0 aromatic heterocycles. The van der Waals surface area contributed by atoms with E-state index >= 15 is 0 Å². The molecule has 0 saturated heterocycles. The third kappa shape index (κ3) is 15.1. The Bertz CT molecular complexity index is 745. The lowest BCUT2D eigenvalue weighted by Gasteiger charge is -2.28. The summed E-state index contributed by atoms with van der Waals surface area (Å²) in [4.78, 5) is 42.3. The van der Waals surface area contributed by atoms with E-state index in [1.54, 1.807) is 62.3 Å². The molecule has 0 radical (unpaired) electrons.